The van der Waals surface area contributed by atoms with Gasteiger partial charge >= 0.3 is 5.97 Å². The lowest BCUT2D eigenvalue weighted by Crippen LogP contribution is -2.42. The highest BCUT2D eigenvalue weighted by Gasteiger charge is 2.44. The number of ether oxygens (including phenoxy) is 2. The van der Waals surface area contributed by atoms with Crippen LogP contribution in [0.2, 0.25) is 0 Å². The molecule has 3 rings (SSSR count). The summed E-state index contributed by atoms with van der Waals surface area (Å²) in [6, 6.07) is 12.3. The Morgan fingerprint density at radius 1 is 1.00 bits per heavy atom. The minimum atomic E-state index is -0.567. The maximum absolute atomic E-state index is 11.6. The molecule has 1 heterocycles. The molecular formula is C22H26O3. The fourth-order valence-corrected chi connectivity index (χ4v) is 3.95. The molecule has 0 aliphatic carbocycles. The van der Waals surface area contributed by atoms with E-state index in [-0.39, 0.29) is 11.4 Å². The number of rotatable bonds is 2. The van der Waals surface area contributed by atoms with E-state index in [2.05, 4.69) is 45.9 Å². The van der Waals surface area contributed by atoms with Crippen LogP contribution >= 0.6 is 0 Å². The van der Waals surface area contributed by atoms with Gasteiger partial charge in [0.05, 0.1) is 0 Å². The van der Waals surface area contributed by atoms with Gasteiger partial charge in [0.15, 0.2) is 0 Å². The average Bonchev–Trinajstić information content (AvgIpc) is 2.44. The largest absolute Gasteiger partial charge is 0.482 e. The standard InChI is InChI=1S/C22H26O3/c1-14-8-10-18(19(11-14)24-16(3)23)22(6)13-21(4,5)17-9-7-15(2)12-20(17)25-22/h7-12H,13H2,1-6H3/t22-/m1/s1. The van der Waals surface area contributed by atoms with Gasteiger partial charge < -0.3 is 9.47 Å². The van der Waals surface area contributed by atoms with Crippen LogP contribution in [0.25, 0.3) is 0 Å². The average molecular weight is 338 g/mol. The molecule has 1 atom stereocenters. The Hall–Kier alpha value is -2.29. The number of hydrogen-bond donors (Lipinski definition) is 0. The quantitative estimate of drug-likeness (QED) is 0.557. The van der Waals surface area contributed by atoms with E-state index in [0.29, 0.717) is 5.75 Å². The summed E-state index contributed by atoms with van der Waals surface area (Å²) in [5.41, 5.74) is 3.74. The van der Waals surface area contributed by atoms with E-state index < -0.39 is 5.60 Å². The van der Waals surface area contributed by atoms with Crippen molar-refractivity contribution in [3.8, 4) is 11.5 Å². The fraction of sp³-hybridized carbons (Fsp3) is 0.409. The zero-order chi connectivity index (χ0) is 18.4. The summed E-state index contributed by atoms with van der Waals surface area (Å²) in [5, 5.41) is 0. The van der Waals surface area contributed by atoms with Crippen LogP contribution in [-0.4, -0.2) is 5.97 Å². The molecule has 0 unspecified atom stereocenters. The number of esters is 1. The molecule has 3 heteroatoms. The Morgan fingerprint density at radius 2 is 1.60 bits per heavy atom. The molecule has 132 valence electrons. The van der Waals surface area contributed by atoms with Gasteiger partial charge in [0.25, 0.3) is 0 Å². The van der Waals surface area contributed by atoms with Gasteiger partial charge in [-0.15, -0.1) is 0 Å². The maximum Gasteiger partial charge on any atom is 0.308 e. The summed E-state index contributed by atoms with van der Waals surface area (Å²) >= 11 is 0. The molecule has 0 spiro atoms. The first-order valence-corrected chi connectivity index (χ1v) is 8.70. The first-order chi connectivity index (χ1) is 11.6. The number of hydrogen-bond acceptors (Lipinski definition) is 3. The highest BCUT2D eigenvalue weighted by molar-refractivity contribution is 5.70. The molecule has 25 heavy (non-hydrogen) atoms. The van der Waals surface area contributed by atoms with Gasteiger partial charge in [0.1, 0.15) is 17.1 Å². The van der Waals surface area contributed by atoms with Gasteiger partial charge in [-0.05, 0) is 55.0 Å². The molecule has 2 aromatic carbocycles. The van der Waals surface area contributed by atoms with Crippen LogP contribution in [0.5, 0.6) is 11.5 Å². The smallest absolute Gasteiger partial charge is 0.308 e. The van der Waals surface area contributed by atoms with Crippen molar-refractivity contribution in [1.29, 1.82) is 0 Å². The normalized spacial score (nSPS) is 21.2. The van der Waals surface area contributed by atoms with Gasteiger partial charge in [0, 0.05) is 18.9 Å². The van der Waals surface area contributed by atoms with Crippen molar-refractivity contribution in [3.63, 3.8) is 0 Å². The molecule has 0 bridgehead atoms. The zero-order valence-corrected chi connectivity index (χ0v) is 15.9. The first kappa shape index (κ1) is 17.5. The predicted octanol–water partition coefficient (Wildman–Crippen LogP) is 5.20. The summed E-state index contributed by atoms with van der Waals surface area (Å²) in [4.78, 5) is 11.6. The van der Waals surface area contributed by atoms with Crippen molar-refractivity contribution in [1.82, 2.24) is 0 Å². The number of benzene rings is 2. The predicted molar refractivity (Wildman–Crippen MR) is 99.3 cm³/mol. The maximum atomic E-state index is 11.6. The highest BCUT2D eigenvalue weighted by Crippen LogP contribution is 2.50. The van der Waals surface area contributed by atoms with Crippen molar-refractivity contribution in [2.45, 2.75) is 59.0 Å². The topological polar surface area (TPSA) is 35.5 Å². The summed E-state index contributed by atoms with van der Waals surface area (Å²) in [6.07, 6.45) is 0.799. The second-order valence-electron chi connectivity index (χ2n) is 7.99. The van der Waals surface area contributed by atoms with E-state index in [0.717, 1.165) is 23.3 Å². The minimum Gasteiger partial charge on any atom is -0.482 e. The minimum absolute atomic E-state index is 0.0472. The molecule has 3 nitrogen and oxygen atoms in total. The van der Waals surface area contributed by atoms with Crippen LogP contribution in [0.1, 0.15) is 56.4 Å². The third kappa shape index (κ3) is 3.28. The van der Waals surface area contributed by atoms with Gasteiger partial charge in [-0.2, -0.15) is 0 Å². The Morgan fingerprint density at radius 3 is 2.24 bits per heavy atom. The number of aryl methyl sites for hydroxylation is 2. The number of carbonyl (C=O) groups excluding carboxylic acids is 1. The molecule has 0 radical (unpaired) electrons. The number of carbonyl (C=O) groups is 1. The highest BCUT2D eigenvalue weighted by atomic mass is 16.5. The van der Waals surface area contributed by atoms with Gasteiger partial charge in [-0.1, -0.05) is 38.1 Å². The van der Waals surface area contributed by atoms with Crippen molar-refractivity contribution in [2.75, 3.05) is 0 Å². The molecule has 0 fully saturated rings. The first-order valence-electron chi connectivity index (χ1n) is 8.70. The summed E-state index contributed by atoms with van der Waals surface area (Å²) < 4.78 is 12.0. The van der Waals surface area contributed by atoms with E-state index >= 15 is 0 Å². The van der Waals surface area contributed by atoms with Crippen LogP contribution < -0.4 is 9.47 Å². The third-order valence-corrected chi connectivity index (χ3v) is 4.94. The molecule has 0 saturated heterocycles. The van der Waals surface area contributed by atoms with E-state index in [1.165, 1.54) is 18.1 Å². The SMILES string of the molecule is CC(=O)Oc1cc(C)ccc1[C@@]1(C)CC(C)(C)c2ccc(C)cc2O1. The van der Waals surface area contributed by atoms with Crippen LogP contribution in [-0.2, 0) is 15.8 Å². The van der Waals surface area contributed by atoms with Crippen molar-refractivity contribution >= 4 is 5.97 Å². The molecule has 1 aliphatic heterocycles. The molecule has 0 aromatic heterocycles. The molecular weight excluding hydrogens is 312 g/mol. The Bertz CT molecular complexity index is 835. The summed E-state index contributed by atoms with van der Waals surface area (Å²) in [7, 11) is 0. The van der Waals surface area contributed by atoms with Crippen LogP contribution in [0, 0.1) is 13.8 Å². The Kier molecular flexibility index (Phi) is 4.14. The van der Waals surface area contributed by atoms with Crippen LogP contribution in [0.4, 0.5) is 0 Å². The third-order valence-electron chi connectivity index (χ3n) is 4.94. The van der Waals surface area contributed by atoms with Gasteiger partial charge in [-0.3, -0.25) is 4.79 Å². The molecule has 2 aromatic rings. The van der Waals surface area contributed by atoms with Gasteiger partial charge in [-0.25, -0.2) is 0 Å². The monoisotopic (exact) mass is 338 g/mol. The van der Waals surface area contributed by atoms with E-state index in [4.69, 9.17) is 9.47 Å². The Balaban J connectivity index is 2.13. The lowest BCUT2D eigenvalue weighted by atomic mass is 9.71. The van der Waals surface area contributed by atoms with Gasteiger partial charge in [0.2, 0.25) is 0 Å². The van der Waals surface area contributed by atoms with E-state index in [1.807, 2.05) is 25.1 Å². The zero-order valence-electron chi connectivity index (χ0n) is 15.9. The van der Waals surface area contributed by atoms with E-state index in [9.17, 15) is 4.79 Å². The molecule has 1 aliphatic rings. The summed E-state index contributed by atoms with van der Waals surface area (Å²) in [5.74, 6) is 1.18. The Labute approximate surface area is 150 Å². The lowest BCUT2D eigenvalue weighted by molar-refractivity contribution is -0.132. The second kappa shape index (κ2) is 5.91. The van der Waals surface area contributed by atoms with Crippen molar-refractivity contribution < 1.29 is 14.3 Å². The molecule has 0 saturated carbocycles. The second-order valence-corrected chi connectivity index (χ2v) is 7.99. The molecule has 0 N–H and O–H groups in total. The fourth-order valence-electron chi connectivity index (χ4n) is 3.95. The van der Waals surface area contributed by atoms with E-state index in [1.54, 1.807) is 0 Å². The number of fused-ring (bicyclic) bond motifs is 1. The van der Waals surface area contributed by atoms with Crippen LogP contribution in [0.3, 0.4) is 0 Å². The van der Waals surface area contributed by atoms with Crippen LogP contribution in [0.15, 0.2) is 36.4 Å². The van der Waals surface area contributed by atoms with Crippen molar-refractivity contribution in [2.24, 2.45) is 0 Å². The van der Waals surface area contributed by atoms with Crippen molar-refractivity contribution in [3.05, 3.63) is 58.7 Å². The lowest BCUT2D eigenvalue weighted by Gasteiger charge is -2.45. The molecule has 0 amide bonds. The summed E-state index contributed by atoms with van der Waals surface area (Å²) in [6.45, 7) is 12.0.